The Bertz CT molecular complexity index is 476. The summed E-state index contributed by atoms with van der Waals surface area (Å²) in [6.45, 7) is 0. The van der Waals surface area contributed by atoms with Gasteiger partial charge in [0.2, 0.25) is 0 Å². The van der Waals surface area contributed by atoms with Gasteiger partial charge in [-0.1, -0.05) is 18.2 Å². The van der Waals surface area contributed by atoms with Crippen molar-refractivity contribution in [2.24, 2.45) is 5.73 Å². The number of nitrogens with two attached hydrogens (primary N) is 1. The summed E-state index contributed by atoms with van der Waals surface area (Å²) in [5.74, 6) is -1.87. The zero-order valence-corrected chi connectivity index (χ0v) is 8.67. The van der Waals surface area contributed by atoms with Crippen LogP contribution in [-0.4, -0.2) is 17.0 Å². The van der Waals surface area contributed by atoms with E-state index in [1.807, 2.05) is 0 Å². The van der Waals surface area contributed by atoms with Crippen LogP contribution >= 0.6 is 0 Å². The van der Waals surface area contributed by atoms with E-state index in [-0.39, 0.29) is 11.3 Å². The van der Waals surface area contributed by atoms with E-state index in [2.05, 4.69) is 9.68 Å². The van der Waals surface area contributed by atoms with Crippen molar-refractivity contribution in [2.45, 2.75) is 12.0 Å². The summed E-state index contributed by atoms with van der Waals surface area (Å²) in [5, 5.41) is 9.66. The lowest BCUT2D eigenvalue weighted by Crippen LogP contribution is -2.46. The van der Waals surface area contributed by atoms with E-state index >= 15 is 0 Å². The largest absolute Gasteiger partial charge is 0.508 e. The van der Waals surface area contributed by atoms with Crippen LogP contribution in [0.25, 0.3) is 0 Å². The molecular formula is C10H10N2O5. The third-order valence-corrected chi connectivity index (χ3v) is 2.46. The van der Waals surface area contributed by atoms with Gasteiger partial charge >= 0.3 is 11.9 Å². The summed E-state index contributed by atoms with van der Waals surface area (Å²) in [6.07, 6.45) is -0.434. The van der Waals surface area contributed by atoms with Crippen molar-refractivity contribution < 1.29 is 24.4 Å². The first-order chi connectivity index (χ1) is 8.04. The molecule has 90 valence electrons. The first-order valence-corrected chi connectivity index (χ1v) is 4.77. The van der Waals surface area contributed by atoms with Crippen molar-refractivity contribution in [1.29, 1.82) is 0 Å². The predicted molar refractivity (Wildman–Crippen MR) is 53.9 cm³/mol. The molecule has 1 heterocycles. The van der Waals surface area contributed by atoms with E-state index in [0.29, 0.717) is 0 Å². The monoisotopic (exact) mass is 238 g/mol. The molecule has 1 unspecified atom stereocenters. The molecule has 0 bridgehead atoms. The van der Waals surface area contributed by atoms with Crippen LogP contribution in [0.15, 0.2) is 24.3 Å². The third kappa shape index (κ3) is 1.93. The van der Waals surface area contributed by atoms with Crippen LogP contribution in [0.1, 0.15) is 12.0 Å². The van der Waals surface area contributed by atoms with Crippen LogP contribution < -0.4 is 11.4 Å². The van der Waals surface area contributed by atoms with Gasteiger partial charge in [0.1, 0.15) is 5.75 Å². The van der Waals surface area contributed by atoms with Crippen molar-refractivity contribution in [3.63, 3.8) is 0 Å². The quantitative estimate of drug-likeness (QED) is 0.602. The number of para-hydroxylation sites is 1. The molecule has 0 spiro atoms. The maximum absolute atomic E-state index is 11.7. The Morgan fingerprint density at radius 1 is 1.29 bits per heavy atom. The number of hydrogen-bond donors (Lipinski definition) is 3. The van der Waals surface area contributed by atoms with Gasteiger partial charge in [-0.3, -0.25) is 4.79 Å². The molecule has 0 aromatic heterocycles. The van der Waals surface area contributed by atoms with Gasteiger partial charge in [0.25, 0.3) is 0 Å². The molecule has 1 aromatic carbocycles. The van der Waals surface area contributed by atoms with E-state index in [1.165, 1.54) is 12.1 Å². The molecular weight excluding hydrogens is 228 g/mol. The first-order valence-electron chi connectivity index (χ1n) is 4.77. The lowest BCUT2D eigenvalue weighted by molar-refractivity contribution is -0.192. The fraction of sp³-hybridized carbons (Fsp3) is 0.200. The van der Waals surface area contributed by atoms with E-state index in [1.54, 1.807) is 17.8 Å². The zero-order chi connectivity index (χ0) is 12.5. The zero-order valence-electron chi connectivity index (χ0n) is 8.67. The second kappa shape index (κ2) is 4.04. The van der Waals surface area contributed by atoms with Crippen molar-refractivity contribution in [3.05, 3.63) is 29.8 Å². The number of nitrogens with one attached hydrogen (secondary N) is 1. The van der Waals surface area contributed by atoms with E-state index in [0.717, 1.165) is 0 Å². The van der Waals surface area contributed by atoms with Crippen molar-refractivity contribution >= 4 is 11.9 Å². The highest BCUT2D eigenvalue weighted by Gasteiger charge is 2.44. The summed E-state index contributed by atoms with van der Waals surface area (Å²) in [5.41, 5.74) is 5.90. The highest BCUT2D eigenvalue weighted by molar-refractivity contribution is 5.89. The Morgan fingerprint density at radius 3 is 2.71 bits per heavy atom. The van der Waals surface area contributed by atoms with E-state index < -0.39 is 23.9 Å². The molecule has 1 atom stereocenters. The lowest BCUT2D eigenvalue weighted by Gasteiger charge is -2.23. The molecule has 4 N–H and O–H groups in total. The Morgan fingerprint density at radius 2 is 2.00 bits per heavy atom. The Hall–Kier alpha value is -2.12. The standard InChI is InChI=1S/C10H10N2O5/c11-10(6-3-1-2-4-7(6)13)5-8(14)16-12-17-9(10)15/h1-4,12-13H,5,11H2. The second-order valence-electron chi connectivity index (χ2n) is 3.61. The van der Waals surface area contributed by atoms with Crippen molar-refractivity contribution in [2.75, 3.05) is 0 Å². The highest BCUT2D eigenvalue weighted by atomic mass is 16.9. The van der Waals surface area contributed by atoms with Gasteiger partial charge in [0.05, 0.1) is 6.42 Å². The Labute approximate surface area is 96.0 Å². The van der Waals surface area contributed by atoms with Crippen LogP contribution in [0, 0.1) is 0 Å². The fourth-order valence-corrected chi connectivity index (χ4v) is 1.59. The molecule has 1 aliphatic rings. The van der Waals surface area contributed by atoms with E-state index in [4.69, 9.17) is 5.73 Å². The summed E-state index contributed by atoms with van der Waals surface area (Å²) < 4.78 is 0. The Kier molecular flexibility index (Phi) is 2.70. The van der Waals surface area contributed by atoms with Crippen LogP contribution in [0.5, 0.6) is 5.75 Å². The maximum Gasteiger partial charge on any atom is 0.353 e. The number of carbonyl (C=O) groups excluding carboxylic acids is 2. The normalized spacial score (nSPS) is 24.8. The van der Waals surface area contributed by atoms with Gasteiger partial charge in [-0.15, -0.1) is 0 Å². The number of rotatable bonds is 1. The van der Waals surface area contributed by atoms with Gasteiger partial charge < -0.3 is 20.5 Å². The Balaban J connectivity index is 2.48. The van der Waals surface area contributed by atoms with Gasteiger partial charge in [-0.25, -0.2) is 4.79 Å². The molecule has 1 saturated heterocycles. The summed E-state index contributed by atoms with van der Waals surface area (Å²) >= 11 is 0. The molecule has 0 saturated carbocycles. The molecule has 1 fully saturated rings. The minimum atomic E-state index is -1.77. The number of benzene rings is 1. The van der Waals surface area contributed by atoms with Crippen LogP contribution in [0.3, 0.4) is 0 Å². The molecule has 1 aromatic rings. The van der Waals surface area contributed by atoms with Crippen LogP contribution in [-0.2, 0) is 24.8 Å². The topological polar surface area (TPSA) is 111 Å². The summed E-state index contributed by atoms with van der Waals surface area (Å²) in [7, 11) is 0. The van der Waals surface area contributed by atoms with Crippen molar-refractivity contribution in [1.82, 2.24) is 5.64 Å². The highest BCUT2D eigenvalue weighted by Crippen LogP contribution is 2.31. The third-order valence-electron chi connectivity index (χ3n) is 2.46. The lowest BCUT2D eigenvalue weighted by atomic mass is 9.87. The summed E-state index contributed by atoms with van der Waals surface area (Å²) in [6, 6.07) is 5.96. The molecule has 7 heteroatoms. The minimum Gasteiger partial charge on any atom is -0.508 e. The predicted octanol–water partition coefficient (Wildman–Crippen LogP) is -0.544. The minimum absolute atomic E-state index is 0.102. The van der Waals surface area contributed by atoms with Crippen LogP contribution in [0.2, 0.25) is 0 Å². The molecule has 0 radical (unpaired) electrons. The molecule has 7 nitrogen and oxygen atoms in total. The average Bonchev–Trinajstić information content (AvgIpc) is 2.40. The fourth-order valence-electron chi connectivity index (χ4n) is 1.59. The molecule has 0 aliphatic carbocycles. The van der Waals surface area contributed by atoms with Crippen LogP contribution in [0.4, 0.5) is 0 Å². The first kappa shape index (κ1) is 11.4. The van der Waals surface area contributed by atoms with Gasteiger partial charge in [0, 0.05) is 11.2 Å². The number of aromatic hydroxyl groups is 1. The number of phenols is 1. The summed E-state index contributed by atoms with van der Waals surface area (Å²) in [4.78, 5) is 31.7. The number of phenolic OH excluding ortho intramolecular Hbond substituents is 1. The van der Waals surface area contributed by atoms with Gasteiger partial charge in [0.15, 0.2) is 5.54 Å². The van der Waals surface area contributed by atoms with E-state index in [9.17, 15) is 14.7 Å². The average molecular weight is 238 g/mol. The van der Waals surface area contributed by atoms with Gasteiger partial charge in [-0.05, 0) is 6.07 Å². The second-order valence-corrected chi connectivity index (χ2v) is 3.61. The molecule has 1 aliphatic heterocycles. The van der Waals surface area contributed by atoms with Gasteiger partial charge in [-0.2, -0.15) is 0 Å². The number of carbonyl (C=O) groups is 2. The smallest absolute Gasteiger partial charge is 0.353 e. The molecule has 0 amide bonds. The van der Waals surface area contributed by atoms with Crippen molar-refractivity contribution in [3.8, 4) is 5.75 Å². The molecule has 2 rings (SSSR count). The maximum atomic E-state index is 11.7. The molecule has 17 heavy (non-hydrogen) atoms. The number of hydrogen-bond acceptors (Lipinski definition) is 7. The SMILES string of the molecule is NC1(c2ccccc2O)CC(=O)ONOC1=O.